The molecule has 39 heavy (non-hydrogen) atoms. The predicted molar refractivity (Wildman–Crippen MR) is 157 cm³/mol. The van der Waals surface area contributed by atoms with Crippen LogP contribution in [-0.4, -0.2) is 21.9 Å². The van der Waals surface area contributed by atoms with Crippen molar-refractivity contribution in [2.24, 2.45) is 0 Å². The van der Waals surface area contributed by atoms with Crippen LogP contribution in [0.5, 0.6) is 5.75 Å². The average Bonchev–Trinajstić information content (AvgIpc) is 3.38. The van der Waals surface area contributed by atoms with Gasteiger partial charge >= 0.3 is 0 Å². The molecule has 1 aliphatic carbocycles. The zero-order valence-corrected chi connectivity index (χ0v) is 22.0. The number of nitrogens with zero attached hydrogens (tertiary/aromatic N) is 2. The summed E-state index contributed by atoms with van der Waals surface area (Å²) in [5.74, 6) is 1.48. The lowest BCUT2D eigenvalue weighted by atomic mass is 9.97. The van der Waals surface area contributed by atoms with E-state index in [9.17, 15) is 4.79 Å². The van der Waals surface area contributed by atoms with Crippen molar-refractivity contribution in [3.05, 3.63) is 120 Å². The number of benzene rings is 4. The van der Waals surface area contributed by atoms with Crippen molar-refractivity contribution < 1.29 is 9.53 Å². The third-order valence-electron chi connectivity index (χ3n) is 7.49. The van der Waals surface area contributed by atoms with Gasteiger partial charge in [-0.2, -0.15) is 0 Å². The van der Waals surface area contributed by atoms with Crippen LogP contribution in [0, 0.1) is 0 Å². The minimum atomic E-state index is 0.178. The molecule has 0 atom stereocenters. The molecular formula is C35H32N2O2. The van der Waals surface area contributed by atoms with Gasteiger partial charge in [-0.1, -0.05) is 97.4 Å². The molecule has 1 aliphatic rings. The summed E-state index contributed by atoms with van der Waals surface area (Å²) in [5, 5.41) is 0. The molecule has 0 aliphatic heterocycles. The summed E-state index contributed by atoms with van der Waals surface area (Å²) < 4.78 is 8.58. The van der Waals surface area contributed by atoms with Crippen LogP contribution in [0.3, 0.4) is 0 Å². The SMILES string of the molecule is O=Cc1cc(-c2nc(-c3ccccc3)c(-c3ccccc3)n2Cc2ccccc2)ccc1OC1CCCCC1. The standard InChI is InChI=1S/C35H32N2O2/c38-25-30-23-29(21-22-32(30)39-31-19-11-4-12-20-31)35-36-33(27-15-7-2-8-16-27)34(28-17-9-3-10-18-28)37(35)24-26-13-5-1-6-14-26/h1-3,5-10,13-18,21-23,25,31H,4,11-12,19-20,24H2. The number of hydrogen-bond donors (Lipinski definition) is 0. The lowest BCUT2D eigenvalue weighted by Gasteiger charge is -2.23. The monoisotopic (exact) mass is 512 g/mol. The fraction of sp³-hybridized carbons (Fsp3) is 0.200. The lowest BCUT2D eigenvalue weighted by Crippen LogP contribution is -2.20. The first-order valence-corrected chi connectivity index (χ1v) is 13.8. The fourth-order valence-corrected chi connectivity index (χ4v) is 5.53. The van der Waals surface area contributed by atoms with Crippen LogP contribution in [0.1, 0.15) is 48.0 Å². The van der Waals surface area contributed by atoms with E-state index in [4.69, 9.17) is 9.72 Å². The summed E-state index contributed by atoms with van der Waals surface area (Å²) in [6.45, 7) is 0.650. The Hall–Kier alpha value is -4.44. The number of ether oxygens (including phenoxy) is 1. The third kappa shape index (κ3) is 5.42. The van der Waals surface area contributed by atoms with E-state index in [1.807, 2.05) is 48.5 Å². The maximum atomic E-state index is 12.2. The molecule has 0 N–H and O–H groups in total. The topological polar surface area (TPSA) is 44.1 Å². The average molecular weight is 513 g/mol. The number of aldehydes is 1. The Balaban J connectivity index is 1.51. The van der Waals surface area contributed by atoms with E-state index >= 15 is 0 Å². The molecule has 4 aromatic carbocycles. The summed E-state index contributed by atoms with van der Waals surface area (Å²) in [5.41, 5.74) is 6.76. The number of rotatable bonds is 8. The molecule has 4 heteroatoms. The van der Waals surface area contributed by atoms with E-state index in [0.29, 0.717) is 17.9 Å². The van der Waals surface area contributed by atoms with Gasteiger partial charge in [-0.3, -0.25) is 4.79 Å². The van der Waals surface area contributed by atoms with Crippen LogP contribution in [0.25, 0.3) is 33.9 Å². The first-order valence-electron chi connectivity index (χ1n) is 13.8. The van der Waals surface area contributed by atoms with Crippen LogP contribution < -0.4 is 4.74 Å². The molecule has 1 heterocycles. The fourth-order valence-electron chi connectivity index (χ4n) is 5.53. The summed E-state index contributed by atoms with van der Waals surface area (Å²) in [6.07, 6.45) is 6.79. The van der Waals surface area contributed by atoms with Gasteiger partial charge in [0.2, 0.25) is 0 Å². The Morgan fingerprint density at radius 1 is 0.744 bits per heavy atom. The van der Waals surface area contributed by atoms with E-state index < -0.39 is 0 Å². The van der Waals surface area contributed by atoms with Gasteiger partial charge in [-0.25, -0.2) is 4.98 Å². The molecular weight excluding hydrogens is 480 g/mol. The Morgan fingerprint density at radius 3 is 2.05 bits per heavy atom. The number of hydrogen-bond acceptors (Lipinski definition) is 3. The van der Waals surface area contributed by atoms with Gasteiger partial charge in [-0.15, -0.1) is 0 Å². The second-order valence-corrected chi connectivity index (χ2v) is 10.2. The highest BCUT2D eigenvalue weighted by molar-refractivity contribution is 5.85. The van der Waals surface area contributed by atoms with Gasteiger partial charge in [-0.05, 0) is 49.4 Å². The molecule has 194 valence electrons. The zero-order chi connectivity index (χ0) is 26.4. The van der Waals surface area contributed by atoms with Crippen molar-refractivity contribution in [2.45, 2.75) is 44.8 Å². The maximum absolute atomic E-state index is 12.2. The van der Waals surface area contributed by atoms with Crippen molar-refractivity contribution in [2.75, 3.05) is 0 Å². The maximum Gasteiger partial charge on any atom is 0.153 e. The molecule has 0 spiro atoms. The van der Waals surface area contributed by atoms with E-state index in [-0.39, 0.29) is 6.10 Å². The summed E-state index contributed by atoms with van der Waals surface area (Å²) in [6, 6.07) is 37.1. The van der Waals surface area contributed by atoms with Crippen molar-refractivity contribution in [3.8, 4) is 39.7 Å². The second-order valence-electron chi connectivity index (χ2n) is 10.2. The van der Waals surface area contributed by atoms with Crippen LogP contribution in [0.4, 0.5) is 0 Å². The molecule has 6 rings (SSSR count). The summed E-state index contributed by atoms with van der Waals surface area (Å²) in [4.78, 5) is 17.5. The highest BCUT2D eigenvalue weighted by atomic mass is 16.5. The number of carbonyl (C=O) groups excluding carboxylic acids is 1. The zero-order valence-electron chi connectivity index (χ0n) is 22.0. The van der Waals surface area contributed by atoms with E-state index in [2.05, 4.69) is 65.2 Å². The van der Waals surface area contributed by atoms with Crippen molar-refractivity contribution in [1.29, 1.82) is 0 Å². The lowest BCUT2D eigenvalue weighted by molar-refractivity contribution is 0.111. The minimum absolute atomic E-state index is 0.178. The van der Waals surface area contributed by atoms with Crippen LogP contribution in [0.2, 0.25) is 0 Å². The molecule has 1 aromatic heterocycles. The third-order valence-corrected chi connectivity index (χ3v) is 7.49. The molecule has 4 nitrogen and oxygen atoms in total. The van der Waals surface area contributed by atoms with Crippen molar-refractivity contribution in [1.82, 2.24) is 9.55 Å². The molecule has 0 saturated heterocycles. The van der Waals surface area contributed by atoms with E-state index in [0.717, 1.165) is 53.0 Å². The molecule has 0 bridgehead atoms. The number of carbonyl (C=O) groups is 1. The van der Waals surface area contributed by atoms with Crippen LogP contribution in [0.15, 0.2) is 109 Å². The van der Waals surface area contributed by atoms with Gasteiger partial charge < -0.3 is 9.30 Å². The Bertz CT molecular complexity index is 1540. The van der Waals surface area contributed by atoms with Crippen LogP contribution >= 0.6 is 0 Å². The first kappa shape index (κ1) is 24.9. The minimum Gasteiger partial charge on any atom is -0.490 e. The van der Waals surface area contributed by atoms with Crippen LogP contribution in [-0.2, 0) is 6.54 Å². The van der Waals surface area contributed by atoms with Crippen molar-refractivity contribution >= 4 is 6.29 Å². The molecule has 0 amide bonds. The van der Waals surface area contributed by atoms with Gasteiger partial charge in [0, 0.05) is 23.2 Å². The Labute approximate surface area is 229 Å². The van der Waals surface area contributed by atoms with Gasteiger partial charge in [0.25, 0.3) is 0 Å². The Kier molecular flexibility index (Phi) is 7.35. The molecule has 0 radical (unpaired) electrons. The normalized spacial score (nSPS) is 13.7. The Morgan fingerprint density at radius 2 is 1.38 bits per heavy atom. The molecule has 5 aromatic rings. The highest BCUT2D eigenvalue weighted by Crippen LogP contribution is 2.38. The second kappa shape index (κ2) is 11.5. The first-order chi connectivity index (χ1) is 19.3. The van der Waals surface area contributed by atoms with Gasteiger partial charge in [0.1, 0.15) is 11.6 Å². The largest absolute Gasteiger partial charge is 0.490 e. The van der Waals surface area contributed by atoms with E-state index in [1.54, 1.807) is 0 Å². The quantitative estimate of drug-likeness (QED) is 0.196. The highest BCUT2D eigenvalue weighted by Gasteiger charge is 2.23. The summed E-state index contributed by atoms with van der Waals surface area (Å²) >= 11 is 0. The molecule has 1 saturated carbocycles. The number of imidazole rings is 1. The molecule has 0 unspecified atom stereocenters. The molecule has 1 fully saturated rings. The summed E-state index contributed by atoms with van der Waals surface area (Å²) in [7, 11) is 0. The van der Waals surface area contributed by atoms with Gasteiger partial charge in [0.05, 0.1) is 23.1 Å². The smallest absolute Gasteiger partial charge is 0.153 e. The predicted octanol–water partition coefficient (Wildman–Crippen LogP) is 8.46. The van der Waals surface area contributed by atoms with Crippen molar-refractivity contribution in [3.63, 3.8) is 0 Å². The van der Waals surface area contributed by atoms with E-state index in [1.165, 1.54) is 24.8 Å². The van der Waals surface area contributed by atoms with Gasteiger partial charge in [0.15, 0.2) is 6.29 Å². The number of aromatic nitrogens is 2.